The molecule has 2 aliphatic rings. The highest BCUT2D eigenvalue weighted by Gasteiger charge is 2.26. The van der Waals surface area contributed by atoms with Gasteiger partial charge in [-0.2, -0.15) is 0 Å². The largest absolute Gasteiger partial charge is 0.391 e. The summed E-state index contributed by atoms with van der Waals surface area (Å²) in [4.78, 5) is 4.22. The van der Waals surface area contributed by atoms with Crippen LogP contribution in [0.2, 0.25) is 0 Å². The van der Waals surface area contributed by atoms with Gasteiger partial charge in [-0.25, -0.2) is 0 Å². The lowest BCUT2D eigenvalue weighted by Crippen LogP contribution is -2.44. The molecule has 1 aliphatic heterocycles. The smallest absolute Gasteiger partial charge is 0.191 e. The lowest BCUT2D eigenvalue weighted by atomic mass is 10.2. The third kappa shape index (κ3) is 1.53. The predicted octanol–water partition coefficient (Wildman–Crippen LogP) is -0.551. The van der Waals surface area contributed by atoms with E-state index in [0.29, 0.717) is 0 Å². The van der Waals surface area contributed by atoms with Crippen LogP contribution in [-0.2, 0) is 0 Å². The van der Waals surface area contributed by atoms with Crippen molar-refractivity contribution < 1.29 is 5.11 Å². The number of aliphatic hydroxyl groups excluding tert-OH is 1. The van der Waals surface area contributed by atoms with Crippen LogP contribution in [0, 0.1) is 0 Å². The van der Waals surface area contributed by atoms with Crippen molar-refractivity contribution in [3.63, 3.8) is 0 Å². The van der Waals surface area contributed by atoms with E-state index < -0.39 is 0 Å². The van der Waals surface area contributed by atoms with Crippen molar-refractivity contribution in [2.24, 2.45) is 4.99 Å². The Morgan fingerprint density at radius 3 is 3.00 bits per heavy atom. The summed E-state index contributed by atoms with van der Waals surface area (Å²) in [5.41, 5.74) is 0. The van der Waals surface area contributed by atoms with Gasteiger partial charge in [-0.05, 0) is 19.3 Å². The SMILES string of the molecule is OC1CCCC1NC1=NCCN1. The Balaban J connectivity index is 1.85. The highest BCUT2D eigenvalue weighted by atomic mass is 16.3. The minimum atomic E-state index is -0.185. The highest BCUT2D eigenvalue weighted by Crippen LogP contribution is 2.18. The van der Waals surface area contributed by atoms with Gasteiger partial charge in [0.2, 0.25) is 0 Å². The first-order valence-electron chi connectivity index (χ1n) is 4.59. The van der Waals surface area contributed by atoms with Crippen LogP contribution in [0.25, 0.3) is 0 Å². The molecule has 0 aromatic heterocycles. The number of hydrogen-bond donors (Lipinski definition) is 3. The summed E-state index contributed by atoms with van der Waals surface area (Å²) in [6.07, 6.45) is 2.91. The number of hydrogen-bond acceptors (Lipinski definition) is 4. The van der Waals surface area contributed by atoms with Crippen LogP contribution in [0.5, 0.6) is 0 Å². The number of rotatable bonds is 1. The molecule has 2 unspecified atom stereocenters. The van der Waals surface area contributed by atoms with Crippen molar-refractivity contribution in [2.75, 3.05) is 13.1 Å². The van der Waals surface area contributed by atoms with E-state index in [-0.39, 0.29) is 12.1 Å². The van der Waals surface area contributed by atoms with Crippen LogP contribution in [0.4, 0.5) is 0 Å². The number of nitrogens with one attached hydrogen (secondary N) is 2. The molecule has 0 saturated heterocycles. The maximum absolute atomic E-state index is 9.50. The molecule has 4 nitrogen and oxygen atoms in total. The van der Waals surface area contributed by atoms with E-state index >= 15 is 0 Å². The second-order valence-electron chi connectivity index (χ2n) is 3.41. The molecule has 0 radical (unpaired) electrons. The molecular weight excluding hydrogens is 154 g/mol. The normalized spacial score (nSPS) is 34.6. The Hall–Kier alpha value is -0.770. The van der Waals surface area contributed by atoms with E-state index in [1.807, 2.05) is 0 Å². The first-order valence-corrected chi connectivity index (χ1v) is 4.59. The first-order chi connectivity index (χ1) is 5.86. The number of aliphatic hydroxyl groups is 1. The summed E-state index contributed by atoms with van der Waals surface area (Å²) in [6, 6.07) is 0.217. The van der Waals surface area contributed by atoms with Gasteiger partial charge in [-0.3, -0.25) is 4.99 Å². The molecule has 1 heterocycles. The van der Waals surface area contributed by atoms with E-state index in [4.69, 9.17) is 0 Å². The molecule has 68 valence electrons. The summed E-state index contributed by atoms with van der Waals surface area (Å²) in [7, 11) is 0. The van der Waals surface area contributed by atoms with Crippen LogP contribution in [0.1, 0.15) is 19.3 Å². The lowest BCUT2D eigenvalue weighted by Gasteiger charge is -2.17. The van der Waals surface area contributed by atoms with Gasteiger partial charge >= 0.3 is 0 Å². The van der Waals surface area contributed by atoms with Crippen molar-refractivity contribution in [3.05, 3.63) is 0 Å². The zero-order valence-electron chi connectivity index (χ0n) is 7.08. The minimum absolute atomic E-state index is 0.185. The van der Waals surface area contributed by atoms with E-state index in [1.54, 1.807) is 0 Å². The molecule has 12 heavy (non-hydrogen) atoms. The second-order valence-corrected chi connectivity index (χ2v) is 3.41. The van der Waals surface area contributed by atoms with Crippen LogP contribution < -0.4 is 10.6 Å². The Morgan fingerprint density at radius 1 is 1.50 bits per heavy atom. The van der Waals surface area contributed by atoms with Crippen molar-refractivity contribution in [2.45, 2.75) is 31.4 Å². The fraction of sp³-hybridized carbons (Fsp3) is 0.875. The standard InChI is InChI=1S/C8H15N3O/c12-7-3-1-2-6(7)11-8-9-4-5-10-8/h6-7,12H,1-5H2,(H2,9,10,11). The van der Waals surface area contributed by atoms with Crippen molar-refractivity contribution in [1.82, 2.24) is 10.6 Å². The van der Waals surface area contributed by atoms with Crippen molar-refractivity contribution in [3.8, 4) is 0 Å². The van der Waals surface area contributed by atoms with Gasteiger partial charge in [-0.15, -0.1) is 0 Å². The molecular formula is C8H15N3O. The van der Waals surface area contributed by atoms with Gasteiger partial charge in [0.25, 0.3) is 0 Å². The van der Waals surface area contributed by atoms with Gasteiger partial charge in [0.1, 0.15) is 0 Å². The quantitative estimate of drug-likeness (QED) is 0.493. The fourth-order valence-corrected chi connectivity index (χ4v) is 1.78. The lowest BCUT2D eigenvalue weighted by molar-refractivity contribution is 0.157. The third-order valence-corrected chi connectivity index (χ3v) is 2.48. The maximum Gasteiger partial charge on any atom is 0.191 e. The topological polar surface area (TPSA) is 56.6 Å². The van der Waals surface area contributed by atoms with Gasteiger partial charge in [0.05, 0.1) is 18.7 Å². The van der Waals surface area contributed by atoms with Gasteiger partial charge in [0.15, 0.2) is 5.96 Å². The van der Waals surface area contributed by atoms with Crippen LogP contribution >= 0.6 is 0 Å². The Kier molecular flexibility index (Phi) is 2.17. The summed E-state index contributed by atoms with van der Waals surface area (Å²) in [5.74, 6) is 0.862. The molecule has 4 heteroatoms. The van der Waals surface area contributed by atoms with Gasteiger partial charge < -0.3 is 15.7 Å². The molecule has 2 atom stereocenters. The Bertz CT molecular complexity index is 193. The fourth-order valence-electron chi connectivity index (χ4n) is 1.78. The predicted molar refractivity (Wildman–Crippen MR) is 47.1 cm³/mol. The zero-order valence-corrected chi connectivity index (χ0v) is 7.08. The molecule has 3 N–H and O–H groups in total. The van der Waals surface area contributed by atoms with Gasteiger partial charge in [-0.1, -0.05) is 0 Å². The molecule has 0 aromatic rings. The summed E-state index contributed by atoms with van der Waals surface area (Å²) >= 11 is 0. The molecule has 2 rings (SSSR count). The number of guanidine groups is 1. The van der Waals surface area contributed by atoms with Crippen molar-refractivity contribution in [1.29, 1.82) is 0 Å². The summed E-state index contributed by atoms with van der Waals surface area (Å²) < 4.78 is 0. The molecule has 0 bridgehead atoms. The van der Waals surface area contributed by atoms with E-state index in [2.05, 4.69) is 15.6 Å². The third-order valence-electron chi connectivity index (χ3n) is 2.48. The molecule has 0 amide bonds. The Labute approximate surface area is 72.1 Å². The van der Waals surface area contributed by atoms with Crippen LogP contribution in [0.3, 0.4) is 0 Å². The maximum atomic E-state index is 9.50. The monoisotopic (exact) mass is 169 g/mol. The zero-order chi connectivity index (χ0) is 8.39. The highest BCUT2D eigenvalue weighted by molar-refractivity contribution is 5.81. The summed E-state index contributed by atoms with van der Waals surface area (Å²) in [5, 5.41) is 15.9. The molecule has 0 aromatic carbocycles. The van der Waals surface area contributed by atoms with Crippen LogP contribution in [-0.4, -0.2) is 36.3 Å². The van der Waals surface area contributed by atoms with E-state index in [1.165, 1.54) is 0 Å². The summed E-state index contributed by atoms with van der Waals surface area (Å²) in [6.45, 7) is 1.77. The van der Waals surface area contributed by atoms with E-state index in [0.717, 1.165) is 38.3 Å². The first kappa shape index (κ1) is 7.86. The molecule has 1 fully saturated rings. The van der Waals surface area contributed by atoms with Crippen molar-refractivity contribution >= 4 is 5.96 Å². The number of aliphatic imine (C=N–C) groups is 1. The minimum Gasteiger partial charge on any atom is -0.391 e. The average Bonchev–Trinajstić information content (AvgIpc) is 2.65. The van der Waals surface area contributed by atoms with E-state index in [9.17, 15) is 5.11 Å². The molecule has 0 spiro atoms. The molecule has 1 saturated carbocycles. The second kappa shape index (κ2) is 3.31. The van der Waals surface area contributed by atoms with Gasteiger partial charge in [0, 0.05) is 6.54 Å². The van der Waals surface area contributed by atoms with Crippen LogP contribution in [0.15, 0.2) is 4.99 Å². The average molecular weight is 169 g/mol. The Morgan fingerprint density at radius 2 is 2.42 bits per heavy atom. The number of nitrogens with zero attached hydrogens (tertiary/aromatic N) is 1. The molecule has 1 aliphatic carbocycles.